The highest BCUT2D eigenvalue weighted by Gasteiger charge is 2.67. The maximum atomic E-state index is 11.9. The molecule has 1 amide bonds. The van der Waals surface area contributed by atoms with Gasteiger partial charge in [-0.05, 0) is 13.8 Å². The number of β-lactam (4-membered cyclic amide) rings is 1. The van der Waals surface area contributed by atoms with E-state index in [-0.39, 0.29) is 0 Å². The number of rotatable bonds is 1. The Labute approximate surface area is 93.8 Å². The second-order valence-electron chi connectivity index (χ2n) is 4.18. The van der Waals surface area contributed by atoms with Crippen LogP contribution in [0.2, 0.25) is 0 Å². The minimum absolute atomic E-state index is 0.437. The molecule has 5 nitrogen and oxygen atoms in total. The molecular weight excluding hydrogens is 242 g/mol. The number of aliphatic carboxylic acids is 1. The average molecular weight is 252 g/mol. The van der Waals surface area contributed by atoms with Crippen LogP contribution in [0.15, 0.2) is 0 Å². The van der Waals surface area contributed by atoms with Gasteiger partial charge in [-0.25, -0.2) is 4.79 Å². The number of fused-ring (bicyclic) bond motifs is 1. The summed E-state index contributed by atoms with van der Waals surface area (Å²) in [5.41, 5.74) is 0. The summed E-state index contributed by atoms with van der Waals surface area (Å²) < 4.78 is 11.0. The molecule has 2 heterocycles. The van der Waals surface area contributed by atoms with Gasteiger partial charge in [-0.15, -0.1) is 11.6 Å². The van der Waals surface area contributed by atoms with Gasteiger partial charge in [0.2, 0.25) is 5.91 Å². The van der Waals surface area contributed by atoms with Crippen molar-refractivity contribution in [1.29, 1.82) is 0 Å². The molecular formula is C8H10ClNO4S. The molecule has 0 aromatic carbocycles. The third-order valence-corrected chi connectivity index (χ3v) is 5.70. The molecule has 0 radical (unpaired) electrons. The smallest absolute Gasteiger partial charge is 0.328 e. The fourth-order valence-corrected chi connectivity index (χ4v) is 4.44. The quantitative estimate of drug-likeness (QED) is 0.515. The zero-order chi connectivity index (χ0) is 11.5. The van der Waals surface area contributed by atoms with Crippen molar-refractivity contribution >= 4 is 34.3 Å². The SMILES string of the molecule is CC1(C)[C@H](C(=O)O)N2C(=O)[C@@H](Cl)[C@H]2S1=O. The van der Waals surface area contributed by atoms with Crippen LogP contribution in [0.25, 0.3) is 0 Å². The van der Waals surface area contributed by atoms with E-state index in [1.165, 1.54) is 0 Å². The summed E-state index contributed by atoms with van der Waals surface area (Å²) in [7, 11) is -1.43. The number of carboxylic acids is 1. The number of carbonyl (C=O) groups excluding carboxylic acids is 1. The zero-order valence-electron chi connectivity index (χ0n) is 8.14. The minimum atomic E-state index is -1.43. The molecule has 2 saturated heterocycles. The lowest BCUT2D eigenvalue weighted by atomic mass is 9.98. The van der Waals surface area contributed by atoms with E-state index in [1.54, 1.807) is 13.8 Å². The molecule has 7 heteroatoms. The monoisotopic (exact) mass is 251 g/mol. The fraction of sp³-hybridized carbons (Fsp3) is 0.750. The predicted octanol–water partition coefficient (Wildman–Crippen LogP) is -0.244. The summed E-state index contributed by atoms with van der Waals surface area (Å²) in [6, 6.07) is -1.04. The van der Waals surface area contributed by atoms with E-state index >= 15 is 0 Å². The van der Waals surface area contributed by atoms with Crippen molar-refractivity contribution in [2.45, 2.75) is 35.4 Å². The third-order valence-electron chi connectivity index (χ3n) is 2.92. The van der Waals surface area contributed by atoms with Crippen LogP contribution in [0.1, 0.15) is 13.8 Å². The third kappa shape index (κ3) is 1.12. The summed E-state index contributed by atoms with van der Waals surface area (Å²) in [4.78, 5) is 23.6. The number of halogens is 1. The second-order valence-corrected chi connectivity index (χ2v) is 6.78. The van der Waals surface area contributed by atoms with E-state index in [2.05, 4.69) is 0 Å². The maximum Gasteiger partial charge on any atom is 0.328 e. The van der Waals surface area contributed by atoms with Gasteiger partial charge in [-0.2, -0.15) is 0 Å². The van der Waals surface area contributed by atoms with Crippen molar-refractivity contribution in [2.24, 2.45) is 0 Å². The highest BCUT2D eigenvalue weighted by atomic mass is 35.5. The molecule has 0 spiro atoms. The highest BCUT2D eigenvalue weighted by molar-refractivity contribution is 7.87. The molecule has 0 aliphatic carbocycles. The van der Waals surface area contributed by atoms with E-state index < -0.39 is 44.2 Å². The predicted molar refractivity (Wildman–Crippen MR) is 53.9 cm³/mol. The summed E-state index contributed by atoms with van der Waals surface area (Å²) in [6.07, 6.45) is 0. The summed E-state index contributed by atoms with van der Waals surface area (Å²) >= 11 is 5.72. The van der Waals surface area contributed by atoms with Gasteiger partial charge in [0.15, 0.2) is 0 Å². The summed E-state index contributed by atoms with van der Waals surface area (Å²) in [5, 5.41) is 7.54. The number of nitrogens with zero attached hydrogens (tertiary/aromatic N) is 1. The van der Waals surface area contributed by atoms with E-state index in [9.17, 15) is 13.8 Å². The number of hydrogen-bond donors (Lipinski definition) is 1. The Kier molecular flexibility index (Phi) is 2.14. The van der Waals surface area contributed by atoms with Gasteiger partial charge in [0, 0.05) is 0 Å². The van der Waals surface area contributed by atoms with Gasteiger partial charge in [0.25, 0.3) is 0 Å². The summed E-state index contributed by atoms with van der Waals surface area (Å²) in [6.45, 7) is 3.16. The molecule has 0 aromatic heterocycles. The normalized spacial score (nSPS) is 42.3. The first-order valence-electron chi connectivity index (χ1n) is 4.40. The molecule has 2 fully saturated rings. The van der Waals surface area contributed by atoms with E-state index in [0.29, 0.717) is 0 Å². The molecule has 1 N–H and O–H groups in total. The van der Waals surface area contributed by atoms with E-state index in [4.69, 9.17) is 16.7 Å². The highest BCUT2D eigenvalue weighted by Crippen LogP contribution is 2.45. The number of hydrogen-bond acceptors (Lipinski definition) is 3. The molecule has 0 saturated carbocycles. The largest absolute Gasteiger partial charge is 0.480 e. The van der Waals surface area contributed by atoms with Gasteiger partial charge in [0.05, 0.1) is 15.5 Å². The molecule has 4 atom stereocenters. The number of amides is 1. The Bertz CT molecular complexity index is 383. The van der Waals surface area contributed by atoms with Crippen LogP contribution in [-0.4, -0.2) is 47.6 Å². The lowest BCUT2D eigenvalue weighted by Gasteiger charge is -2.39. The lowest BCUT2D eigenvalue weighted by Crippen LogP contribution is -2.64. The van der Waals surface area contributed by atoms with Gasteiger partial charge in [-0.3, -0.25) is 9.00 Å². The Morgan fingerprint density at radius 1 is 1.60 bits per heavy atom. The molecule has 2 aliphatic rings. The van der Waals surface area contributed by atoms with Crippen LogP contribution in [0.3, 0.4) is 0 Å². The van der Waals surface area contributed by atoms with E-state index in [1.807, 2.05) is 0 Å². The van der Waals surface area contributed by atoms with Crippen molar-refractivity contribution in [1.82, 2.24) is 4.90 Å². The van der Waals surface area contributed by atoms with Crippen molar-refractivity contribution in [2.75, 3.05) is 0 Å². The van der Waals surface area contributed by atoms with Gasteiger partial charge in [0.1, 0.15) is 16.8 Å². The molecule has 1 unspecified atom stereocenters. The van der Waals surface area contributed by atoms with Crippen molar-refractivity contribution < 1.29 is 18.9 Å². The van der Waals surface area contributed by atoms with Crippen molar-refractivity contribution in [3.63, 3.8) is 0 Å². The molecule has 15 heavy (non-hydrogen) atoms. The molecule has 2 aliphatic heterocycles. The van der Waals surface area contributed by atoms with Gasteiger partial charge < -0.3 is 10.0 Å². The fourth-order valence-electron chi connectivity index (χ4n) is 2.11. The Hall–Kier alpha value is -0.620. The molecule has 0 bridgehead atoms. The van der Waals surface area contributed by atoms with Crippen LogP contribution >= 0.6 is 11.6 Å². The molecule has 84 valence electrons. The first kappa shape index (κ1) is 10.9. The number of carbonyl (C=O) groups is 2. The van der Waals surface area contributed by atoms with Gasteiger partial charge >= 0.3 is 5.97 Å². The van der Waals surface area contributed by atoms with Crippen LogP contribution in [0.5, 0.6) is 0 Å². The van der Waals surface area contributed by atoms with Gasteiger partial charge in [-0.1, -0.05) is 0 Å². The first-order chi connectivity index (χ1) is 6.80. The Morgan fingerprint density at radius 2 is 2.13 bits per heavy atom. The maximum absolute atomic E-state index is 11.9. The molecule has 2 rings (SSSR count). The lowest BCUT2D eigenvalue weighted by molar-refractivity contribution is -0.156. The van der Waals surface area contributed by atoms with Crippen LogP contribution < -0.4 is 0 Å². The van der Waals surface area contributed by atoms with Crippen LogP contribution in [0.4, 0.5) is 0 Å². The Morgan fingerprint density at radius 3 is 2.60 bits per heavy atom. The summed E-state index contributed by atoms with van der Waals surface area (Å²) in [5.74, 6) is -1.57. The Balaban J connectivity index is 2.45. The van der Waals surface area contributed by atoms with Crippen molar-refractivity contribution in [3.8, 4) is 0 Å². The van der Waals surface area contributed by atoms with Crippen molar-refractivity contribution in [3.05, 3.63) is 0 Å². The number of alkyl halides is 1. The topological polar surface area (TPSA) is 74.7 Å². The zero-order valence-corrected chi connectivity index (χ0v) is 9.71. The number of carboxylic acid groups (broad SMARTS) is 1. The molecule has 0 aromatic rings. The second kappa shape index (κ2) is 2.95. The van der Waals surface area contributed by atoms with Crippen LogP contribution in [0, 0.1) is 0 Å². The van der Waals surface area contributed by atoms with Crippen LogP contribution in [-0.2, 0) is 20.4 Å². The standard InChI is InChI=1S/C8H10ClNO4S/c1-8(2)4(7(12)13)10-5(11)3(9)6(10)15(8)14/h3-4,6H,1-2H3,(H,12,13)/t3-,4+,6-,15?/m1/s1. The first-order valence-corrected chi connectivity index (χ1v) is 6.05. The minimum Gasteiger partial charge on any atom is -0.480 e. The van der Waals surface area contributed by atoms with E-state index in [0.717, 1.165) is 4.90 Å². The average Bonchev–Trinajstić information content (AvgIpc) is 2.32.